The van der Waals surface area contributed by atoms with E-state index in [1.165, 1.54) is 16.3 Å². The van der Waals surface area contributed by atoms with Crippen LogP contribution < -0.4 is 0 Å². The predicted molar refractivity (Wildman–Crippen MR) is 80.2 cm³/mol. The van der Waals surface area contributed by atoms with Gasteiger partial charge in [0.1, 0.15) is 0 Å². The summed E-state index contributed by atoms with van der Waals surface area (Å²) in [5, 5.41) is 2.92. The molecule has 0 aromatic heterocycles. The lowest BCUT2D eigenvalue weighted by molar-refractivity contribution is 0.323. The van der Waals surface area contributed by atoms with Gasteiger partial charge in [-0.3, -0.25) is 0 Å². The quantitative estimate of drug-likeness (QED) is 0.726. The SMILES string of the molecule is CC(Cl)CCN(C)Cc1cccc2ccccc12. The lowest BCUT2D eigenvalue weighted by atomic mass is 10.0. The monoisotopic (exact) mass is 261 g/mol. The summed E-state index contributed by atoms with van der Waals surface area (Å²) >= 11 is 5.99. The number of rotatable bonds is 5. The molecular weight excluding hydrogens is 242 g/mol. The van der Waals surface area contributed by atoms with Crippen molar-refractivity contribution >= 4 is 22.4 Å². The van der Waals surface area contributed by atoms with Crippen molar-refractivity contribution in [1.82, 2.24) is 4.90 Å². The lowest BCUT2D eigenvalue weighted by Crippen LogP contribution is -2.21. The van der Waals surface area contributed by atoms with Gasteiger partial charge in [0.2, 0.25) is 0 Å². The molecule has 2 aromatic rings. The highest BCUT2D eigenvalue weighted by Crippen LogP contribution is 2.19. The molecule has 2 heteroatoms. The van der Waals surface area contributed by atoms with Gasteiger partial charge in [0.05, 0.1) is 0 Å². The van der Waals surface area contributed by atoms with Gasteiger partial charge in [0, 0.05) is 11.9 Å². The molecule has 0 radical (unpaired) electrons. The van der Waals surface area contributed by atoms with E-state index >= 15 is 0 Å². The molecule has 0 amide bonds. The first-order valence-corrected chi connectivity index (χ1v) is 6.89. The zero-order valence-electron chi connectivity index (χ0n) is 11.1. The number of fused-ring (bicyclic) bond motifs is 1. The Hall–Kier alpha value is -1.05. The molecule has 0 heterocycles. The minimum atomic E-state index is 0.250. The van der Waals surface area contributed by atoms with E-state index in [1.54, 1.807) is 0 Å². The van der Waals surface area contributed by atoms with Gasteiger partial charge in [-0.15, -0.1) is 11.6 Å². The number of alkyl halides is 1. The van der Waals surface area contributed by atoms with Crippen molar-refractivity contribution in [2.45, 2.75) is 25.3 Å². The van der Waals surface area contributed by atoms with E-state index < -0.39 is 0 Å². The van der Waals surface area contributed by atoms with E-state index in [1.807, 2.05) is 6.92 Å². The highest BCUT2D eigenvalue weighted by molar-refractivity contribution is 6.20. The van der Waals surface area contributed by atoms with Crippen molar-refractivity contribution < 1.29 is 0 Å². The largest absolute Gasteiger partial charge is 0.302 e. The fraction of sp³-hybridized carbons (Fsp3) is 0.375. The number of hydrogen-bond donors (Lipinski definition) is 0. The summed E-state index contributed by atoms with van der Waals surface area (Å²) in [5.74, 6) is 0. The van der Waals surface area contributed by atoms with Gasteiger partial charge in [-0.2, -0.15) is 0 Å². The van der Waals surface area contributed by atoms with E-state index in [-0.39, 0.29) is 5.38 Å². The molecule has 18 heavy (non-hydrogen) atoms. The Morgan fingerprint density at radius 1 is 1.11 bits per heavy atom. The van der Waals surface area contributed by atoms with Crippen LogP contribution in [0.2, 0.25) is 0 Å². The van der Waals surface area contributed by atoms with Gasteiger partial charge in [-0.1, -0.05) is 42.5 Å². The van der Waals surface area contributed by atoms with Gasteiger partial charge in [-0.05, 0) is 43.3 Å². The fourth-order valence-corrected chi connectivity index (χ4v) is 2.30. The summed E-state index contributed by atoms with van der Waals surface area (Å²) in [4.78, 5) is 2.33. The second-order valence-electron chi connectivity index (χ2n) is 4.95. The smallest absolute Gasteiger partial charge is 0.0320 e. The summed E-state index contributed by atoms with van der Waals surface area (Å²) in [5.41, 5.74) is 1.39. The molecule has 1 nitrogen and oxygen atoms in total. The van der Waals surface area contributed by atoms with Gasteiger partial charge >= 0.3 is 0 Å². The van der Waals surface area contributed by atoms with Crippen LogP contribution in [0.25, 0.3) is 10.8 Å². The standard InChI is InChI=1S/C16H20ClN/c1-13(17)10-11-18(2)12-15-8-5-7-14-6-3-4-9-16(14)15/h3-9,13H,10-12H2,1-2H3. The Morgan fingerprint density at radius 3 is 2.61 bits per heavy atom. The maximum Gasteiger partial charge on any atom is 0.0320 e. The van der Waals surface area contributed by atoms with Gasteiger partial charge in [-0.25, -0.2) is 0 Å². The number of nitrogens with zero attached hydrogens (tertiary/aromatic N) is 1. The molecule has 0 aliphatic carbocycles. The van der Waals surface area contributed by atoms with Gasteiger partial charge in [0.25, 0.3) is 0 Å². The van der Waals surface area contributed by atoms with Crippen LogP contribution in [0.3, 0.4) is 0 Å². The Labute approximate surface area is 114 Å². The van der Waals surface area contributed by atoms with E-state index in [9.17, 15) is 0 Å². The third kappa shape index (κ3) is 3.47. The molecule has 0 saturated carbocycles. The van der Waals surface area contributed by atoms with E-state index in [0.717, 1.165) is 19.5 Å². The topological polar surface area (TPSA) is 3.24 Å². The highest BCUT2D eigenvalue weighted by atomic mass is 35.5. The molecule has 0 bridgehead atoms. The molecule has 2 rings (SSSR count). The zero-order valence-corrected chi connectivity index (χ0v) is 11.8. The molecule has 0 aliphatic rings. The first kappa shape index (κ1) is 13.4. The average molecular weight is 262 g/mol. The summed E-state index contributed by atoms with van der Waals surface area (Å²) in [7, 11) is 2.15. The van der Waals surface area contributed by atoms with Gasteiger partial charge in [0.15, 0.2) is 0 Å². The van der Waals surface area contributed by atoms with Crippen molar-refractivity contribution in [3.05, 3.63) is 48.0 Å². The zero-order chi connectivity index (χ0) is 13.0. The van der Waals surface area contributed by atoms with Crippen LogP contribution in [0.5, 0.6) is 0 Å². The first-order valence-electron chi connectivity index (χ1n) is 6.46. The Balaban J connectivity index is 2.11. The van der Waals surface area contributed by atoms with Gasteiger partial charge < -0.3 is 4.90 Å². The number of hydrogen-bond acceptors (Lipinski definition) is 1. The van der Waals surface area contributed by atoms with Crippen molar-refractivity contribution in [3.63, 3.8) is 0 Å². The van der Waals surface area contributed by atoms with Crippen molar-refractivity contribution in [3.8, 4) is 0 Å². The third-order valence-electron chi connectivity index (χ3n) is 3.23. The molecule has 1 atom stereocenters. The van der Waals surface area contributed by atoms with Crippen molar-refractivity contribution in [2.24, 2.45) is 0 Å². The predicted octanol–water partition coefficient (Wildman–Crippen LogP) is 4.29. The lowest BCUT2D eigenvalue weighted by Gasteiger charge is -2.18. The molecule has 0 saturated heterocycles. The minimum absolute atomic E-state index is 0.250. The first-order chi connectivity index (χ1) is 8.66. The molecule has 0 spiro atoms. The van der Waals surface area contributed by atoms with Crippen molar-refractivity contribution in [2.75, 3.05) is 13.6 Å². The van der Waals surface area contributed by atoms with E-state index in [4.69, 9.17) is 11.6 Å². The highest BCUT2D eigenvalue weighted by Gasteiger charge is 2.05. The Morgan fingerprint density at radius 2 is 1.83 bits per heavy atom. The van der Waals surface area contributed by atoms with Crippen LogP contribution in [-0.2, 0) is 6.54 Å². The molecule has 96 valence electrons. The van der Waals surface area contributed by atoms with Crippen LogP contribution >= 0.6 is 11.6 Å². The van der Waals surface area contributed by atoms with Crippen LogP contribution in [0, 0.1) is 0 Å². The van der Waals surface area contributed by atoms with Crippen molar-refractivity contribution in [1.29, 1.82) is 0 Å². The molecule has 1 unspecified atom stereocenters. The molecular formula is C16H20ClN. The average Bonchev–Trinajstić information content (AvgIpc) is 2.37. The third-order valence-corrected chi connectivity index (χ3v) is 3.45. The van der Waals surface area contributed by atoms with Crippen LogP contribution in [0.4, 0.5) is 0 Å². The Bertz CT molecular complexity index is 502. The van der Waals surface area contributed by atoms with Crippen LogP contribution in [0.15, 0.2) is 42.5 Å². The molecule has 0 fully saturated rings. The van der Waals surface area contributed by atoms with E-state index in [0.29, 0.717) is 0 Å². The summed E-state index contributed by atoms with van der Waals surface area (Å²) < 4.78 is 0. The number of halogens is 1. The molecule has 0 aliphatic heterocycles. The summed E-state index contributed by atoms with van der Waals surface area (Å²) in [6.45, 7) is 4.06. The second-order valence-corrected chi connectivity index (χ2v) is 5.69. The minimum Gasteiger partial charge on any atom is -0.302 e. The molecule has 2 aromatic carbocycles. The summed E-state index contributed by atoms with van der Waals surface area (Å²) in [6.07, 6.45) is 1.03. The Kier molecular flexibility index (Phi) is 4.62. The molecule has 0 N–H and O–H groups in total. The maximum atomic E-state index is 5.99. The maximum absolute atomic E-state index is 5.99. The van der Waals surface area contributed by atoms with E-state index in [2.05, 4.69) is 54.4 Å². The second kappa shape index (κ2) is 6.21. The number of benzene rings is 2. The van der Waals surface area contributed by atoms with Crippen LogP contribution in [0.1, 0.15) is 18.9 Å². The normalized spacial score (nSPS) is 13.1. The summed E-state index contributed by atoms with van der Waals surface area (Å²) in [6, 6.07) is 15.1. The van der Waals surface area contributed by atoms with Crippen LogP contribution in [-0.4, -0.2) is 23.9 Å². The fourth-order valence-electron chi connectivity index (χ4n) is 2.20.